The maximum absolute atomic E-state index is 13.1. The van der Waals surface area contributed by atoms with Crippen molar-refractivity contribution in [2.45, 2.75) is 43.8 Å². The van der Waals surface area contributed by atoms with Crippen LogP contribution < -0.4 is 4.74 Å². The fourth-order valence-electron chi connectivity index (χ4n) is 4.29. The van der Waals surface area contributed by atoms with Crippen LogP contribution in [0.25, 0.3) is 0 Å². The normalized spacial score (nSPS) is 26.5. The number of ketones is 1. The topological polar surface area (TPSA) is 29.5 Å². The highest BCUT2D eigenvalue weighted by Gasteiger charge is 2.46. The van der Waals surface area contributed by atoms with Gasteiger partial charge in [-0.15, -0.1) is 0 Å². The number of fused-ring (bicyclic) bond motifs is 2. The smallest absolute Gasteiger partial charge is 0.157 e. The first-order valence-electron chi connectivity index (χ1n) is 8.73. The fraction of sp³-hybridized carbons (Fsp3) is 0.381. The standard InChI is InChI=1S/C21H23NO2/c1-24-18-10-7-16(8-11-18)19-13-17-9-12-20(21(19)23)22(17)14-15-5-3-2-4-6-15/h2-8,10-11,17,19-20H,9,12-14H2,1H3/t17-,19-,20-/m1/s1. The van der Waals surface area contributed by atoms with Crippen LogP contribution in [0.15, 0.2) is 54.6 Å². The summed E-state index contributed by atoms with van der Waals surface area (Å²) in [5, 5.41) is 0. The van der Waals surface area contributed by atoms with Crippen LogP contribution in [0, 0.1) is 0 Å². The van der Waals surface area contributed by atoms with E-state index in [2.05, 4.69) is 29.2 Å². The molecule has 2 aliphatic heterocycles. The molecule has 2 saturated heterocycles. The number of nitrogens with zero attached hydrogens (tertiary/aromatic N) is 1. The van der Waals surface area contributed by atoms with E-state index in [9.17, 15) is 4.79 Å². The van der Waals surface area contributed by atoms with Crippen molar-refractivity contribution in [3.05, 3.63) is 65.7 Å². The van der Waals surface area contributed by atoms with Crippen molar-refractivity contribution in [3.63, 3.8) is 0 Å². The first-order chi connectivity index (χ1) is 11.8. The van der Waals surface area contributed by atoms with Crippen molar-refractivity contribution >= 4 is 5.78 Å². The van der Waals surface area contributed by atoms with Crippen molar-refractivity contribution < 1.29 is 9.53 Å². The maximum atomic E-state index is 13.1. The molecule has 2 heterocycles. The second-order valence-corrected chi connectivity index (χ2v) is 6.87. The highest BCUT2D eigenvalue weighted by Crippen LogP contribution is 2.41. The zero-order valence-corrected chi connectivity index (χ0v) is 14.0. The lowest BCUT2D eigenvalue weighted by molar-refractivity contribution is -0.128. The molecule has 24 heavy (non-hydrogen) atoms. The molecule has 3 heteroatoms. The average molecular weight is 321 g/mol. The highest BCUT2D eigenvalue weighted by atomic mass is 16.5. The Balaban J connectivity index is 1.53. The molecule has 2 aromatic rings. The van der Waals surface area contributed by atoms with Gasteiger partial charge in [-0.2, -0.15) is 0 Å². The molecule has 0 spiro atoms. The molecule has 0 aliphatic carbocycles. The number of methoxy groups -OCH3 is 1. The highest BCUT2D eigenvalue weighted by molar-refractivity contribution is 5.92. The third-order valence-electron chi connectivity index (χ3n) is 5.55. The SMILES string of the molecule is COc1ccc([C@H]2C[C@H]3CC[C@H](C2=O)N3Cc2ccccc2)cc1. The van der Waals surface area contributed by atoms with E-state index < -0.39 is 0 Å². The molecule has 0 amide bonds. The van der Waals surface area contributed by atoms with E-state index >= 15 is 0 Å². The molecule has 3 nitrogen and oxygen atoms in total. The monoisotopic (exact) mass is 321 g/mol. The Morgan fingerprint density at radius 1 is 1.04 bits per heavy atom. The Labute approximate surface area is 143 Å². The van der Waals surface area contributed by atoms with Crippen molar-refractivity contribution in [2.24, 2.45) is 0 Å². The van der Waals surface area contributed by atoms with Crippen molar-refractivity contribution in [1.82, 2.24) is 4.90 Å². The van der Waals surface area contributed by atoms with Gasteiger partial charge in [0.1, 0.15) is 5.75 Å². The zero-order chi connectivity index (χ0) is 16.5. The Morgan fingerprint density at radius 3 is 2.50 bits per heavy atom. The predicted molar refractivity (Wildman–Crippen MR) is 94.2 cm³/mol. The zero-order valence-electron chi connectivity index (χ0n) is 14.0. The molecule has 124 valence electrons. The minimum Gasteiger partial charge on any atom is -0.497 e. The largest absolute Gasteiger partial charge is 0.497 e. The molecule has 0 unspecified atom stereocenters. The second-order valence-electron chi connectivity index (χ2n) is 6.87. The lowest BCUT2D eigenvalue weighted by Gasteiger charge is -2.38. The first kappa shape index (κ1) is 15.4. The number of carbonyl (C=O) groups is 1. The minimum absolute atomic E-state index is 0.0421. The third-order valence-corrected chi connectivity index (χ3v) is 5.55. The van der Waals surface area contributed by atoms with E-state index in [-0.39, 0.29) is 12.0 Å². The van der Waals surface area contributed by atoms with Gasteiger partial charge in [0, 0.05) is 18.5 Å². The molecule has 4 rings (SSSR count). The summed E-state index contributed by atoms with van der Waals surface area (Å²) in [4.78, 5) is 15.5. The number of ether oxygens (including phenoxy) is 1. The number of Topliss-reactive ketones (excluding diaryl/α,β-unsaturated/α-hetero) is 1. The predicted octanol–water partition coefficient (Wildman–Crippen LogP) is 3.78. The van der Waals surface area contributed by atoms with Gasteiger partial charge >= 0.3 is 0 Å². The molecule has 3 atom stereocenters. The van der Waals surface area contributed by atoms with Crippen LogP contribution >= 0.6 is 0 Å². The van der Waals surface area contributed by atoms with E-state index in [1.165, 1.54) is 5.56 Å². The summed E-state index contributed by atoms with van der Waals surface area (Å²) in [5.41, 5.74) is 2.43. The number of carbonyl (C=O) groups excluding carboxylic acids is 1. The molecular formula is C21H23NO2. The van der Waals surface area contributed by atoms with Crippen LogP contribution in [0.5, 0.6) is 5.75 Å². The van der Waals surface area contributed by atoms with Gasteiger partial charge in [-0.1, -0.05) is 42.5 Å². The minimum atomic E-state index is 0.0421. The van der Waals surface area contributed by atoms with Crippen LogP contribution in [0.4, 0.5) is 0 Å². The van der Waals surface area contributed by atoms with E-state index in [0.717, 1.165) is 37.1 Å². The number of piperidine rings is 1. The van der Waals surface area contributed by atoms with Crippen molar-refractivity contribution in [1.29, 1.82) is 0 Å². The van der Waals surface area contributed by atoms with Gasteiger partial charge in [0.25, 0.3) is 0 Å². The Kier molecular flexibility index (Phi) is 4.11. The summed E-state index contributed by atoms with van der Waals surface area (Å²) in [7, 11) is 1.67. The number of hydrogen-bond donors (Lipinski definition) is 0. The molecule has 0 aromatic heterocycles. The summed E-state index contributed by atoms with van der Waals surface area (Å²) in [6.45, 7) is 0.886. The Bertz CT molecular complexity index is 710. The van der Waals surface area contributed by atoms with Crippen LogP contribution in [-0.2, 0) is 11.3 Å². The third kappa shape index (κ3) is 2.73. The lowest BCUT2D eigenvalue weighted by Crippen LogP contribution is -2.47. The van der Waals surface area contributed by atoms with Crippen LogP contribution in [0.1, 0.15) is 36.3 Å². The summed E-state index contributed by atoms with van der Waals surface area (Å²) < 4.78 is 5.23. The maximum Gasteiger partial charge on any atom is 0.157 e. The number of benzene rings is 2. The van der Waals surface area contributed by atoms with Crippen LogP contribution in [0.2, 0.25) is 0 Å². The summed E-state index contributed by atoms with van der Waals surface area (Å²) in [5.74, 6) is 1.28. The molecule has 0 radical (unpaired) electrons. The van der Waals surface area contributed by atoms with Crippen molar-refractivity contribution in [2.75, 3.05) is 7.11 Å². The van der Waals surface area contributed by atoms with Gasteiger partial charge in [-0.3, -0.25) is 9.69 Å². The van der Waals surface area contributed by atoms with E-state index in [4.69, 9.17) is 4.74 Å². The van der Waals surface area contributed by atoms with Crippen molar-refractivity contribution in [3.8, 4) is 5.75 Å². The van der Waals surface area contributed by atoms with Crippen LogP contribution in [0.3, 0.4) is 0 Å². The summed E-state index contributed by atoms with van der Waals surface area (Å²) in [6.07, 6.45) is 3.08. The van der Waals surface area contributed by atoms with Gasteiger partial charge in [0.15, 0.2) is 5.78 Å². The second kappa shape index (κ2) is 6.40. The number of rotatable bonds is 4. The Hall–Kier alpha value is -2.13. The molecule has 2 fully saturated rings. The van der Waals surface area contributed by atoms with E-state index in [1.54, 1.807) is 7.11 Å². The quantitative estimate of drug-likeness (QED) is 0.858. The van der Waals surface area contributed by atoms with Gasteiger partial charge in [0.2, 0.25) is 0 Å². The lowest BCUT2D eigenvalue weighted by atomic mass is 9.83. The fourth-order valence-corrected chi connectivity index (χ4v) is 4.29. The summed E-state index contributed by atoms with van der Waals surface area (Å²) >= 11 is 0. The van der Waals surface area contributed by atoms with Gasteiger partial charge in [0.05, 0.1) is 13.2 Å². The molecule has 2 aliphatic rings. The number of hydrogen-bond acceptors (Lipinski definition) is 3. The van der Waals surface area contributed by atoms with Gasteiger partial charge in [-0.25, -0.2) is 0 Å². The molecular weight excluding hydrogens is 298 g/mol. The van der Waals surface area contributed by atoms with Crippen LogP contribution in [-0.4, -0.2) is 29.9 Å². The van der Waals surface area contributed by atoms with E-state index in [1.807, 2.05) is 30.3 Å². The van der Waals surface area contributed by atoms with E-state index in [0.29, 0.717) is 11.8 Å². The molecule has 0 saturated carbocycles. The van der Waals surface area contributed by atoms with Gasteiger partial charge in [-0.05, 0) is 42.5 Å². The first-order valence-corrected chi connectivity index (χ1v) is 8.73. The summed E-state index contributed by atoms with van der Waals surface area (Å²) in [6, 6.07) is 19.1. The molecule has 0 N–H and O–H groups in total. The average Bonchev–Trinajstić information content (AvgIpc) is 2.93. The van der Waals surface area contributed by atoms with Gasteiger partial charge < -0.3 is 4.74 Å². The molecule has 2 bridgehead atoms. The Morgan fingerprint density at radius 2 is 1.79 bits per heavy atom. The molecule has 2 aromatic carbocycles.